The molecule has 11 heteroatoms. The molecule has 3 heterocycles. The predicted octanol–water partition coefficient (Wildman–Crippen LogP) is 2.89. The number of tetrazole rings is 1. The van der Waals surface area contributed by atoms with Crippen LogP contribution in [0.1, 0.15) is 55.3 Å². The number of unbranched alkanes of at least 4 members (excludes halogenated alkanes) is 2. The second kappa shape index (κ2) is 10.5. The maximum absolute atomic E-state index is 12.0. The Bertz CT molecular complexity index is 1010. The molecule has 0 aromatic carbocycles. The average molecular weight is 429 g/mol. The fraction of sp³-hybridized carbons (Fsp3) is 0.421. The van der Waals surface area contributed by atoms with Crippen molar-refractivity contribution in [2.45, 2.75) is 46.0 Å². The highest BCUT2D eigenvalue weighted by molar-refractivity contribution is 7.13. The Labute approximate surface area is 178 Å². The molecular formula is C19H24N8O2S. The van der Waals surface area contributed by atoms with Crippen molar-refractivity contribution in [2.75, 3.05) is 5.32 Å². The van der Waals surface area contributed by atoms with Gasteiger partial charge in [0.2, 0.25) is 5.91 Å². The van der Waals surface area contributed by atoms with Crippen LogP contribution in [-0.2, 0) is 18.3 Å². The quantitative estimate of drug-likeness (QED) is 0.299. The zero-order valence-corrected chi connectivity index (χ0v) is 18.0. The molecule has 1 N–H and O–H groups in total. The Morgan fingerprint density at radius 2 is 2.27 bits per heavy atom. The first-order chi connectivity index (χ1) is 14.6. The van der Waals surface area contributed by atoms with Gasteiger partial charge in [0.15, 0.2) is 11.0 Å². The number of aryl methyl sites for hydroxylation is 1. The van der Waals surface area contributed by atoms with Crippen LogP contribution >= 0.6 is 11.3 Å². The van der Waals surface area contributed by atoms with E-state index < -0.39 is 0 Å². The number of anilines is 1. The number of nitrogens with one attached hydrogen (secondary N) is 1. The lowest BCUT2D eigenvalue weighted by Gasteiger charge is -2.07. The van der Waals surface area contributed by atoms with Crippen LogP contribution in [-0.4, -0.2) is 42.3 Å². The maximum atomic E-state index is 12.0. The standard InChI is InChI=1S/C19H24N8O2S/c1-4-5-6-7-17(28)23-19-22-15(12-30-19)10-14-8-9-20-18(13(14)2)29-21-11-16-24-25-26-27(16)3/h8-9,11-12H,4-7,10H2,1-3H3,(H,22,23,28)/b21-11+. The van der Waals surface area contributed by atoms with E-state index in [1.54, 1.807) is 13.2 Å². The minimum Gasteiger partial charge on any atom is -0.336 e. The Balaban J connectivity index is 1.60. The van der Waals surface area contributed by atoms with Crippen LogP contribution in [0.4, 0.5) is 5.13 Å². The van der Waals surface area contributed by atoms with Gasteiger partial charge in [-0.05, 0) is 35.4 Å². The molecule has 0 bridgehead atoms. The molecule has 0 unspecified atom stereocenters. The molecule has 1 amide bonds. The Hall–Kier alpha value is -3.21. The largest absolute Gasteiger partial charge is 0.336 e. The molecule has 3 aromatic heterocycles. The third kappa shape index (κ3) is 5.89. The van der Waals surface area contributed by atoms with Crippen LogP contribution in [0.3, 0.4) is 0 Å². The highest BCUT2D eigenvalue weighted by atomic mass is 32.1. The number of pyridine rings is 1. The summed E-state index contributed by atoms with van der Waals surface area (Å²) in [5.74, 6) is 0.880. The SMILES string of the molecule is CCCCCC(=O)Nc1nc(Cc2ccnc(O/N=C/c3nnnn3C)c2C)cs1. The van der Waals surface area contributed by atoms with Crippen molar-refractivity contribution >= 4 is 28.6 Å². The normalized spacial score (nSPS) is 11.2. The molecule has 0 aliphatic heterocycles. The zero-order chi connectivity index (χ0) is 21.3. The minimum atomic E-state index is 0.0103. The lowest BCUT2D eigenvalue weighted by Crippen LogP contribution is -2.10. The van der Waals surface area contributed by atoms with Gasteiger partial charge in [-0.3, -0.25) is 4.79 Å². The molecule has 3 aromatic rings. The van der Waals surface area contributed by atoms with E-state index in [1.807, 2.05) is 18.4 Å². The van der Waals surface area contributed by atoms with E-state index in [2.05, 4.69) is 42.9 Å². The van der Waals surface area contributed by atoms with E-state index in [1.165, 1.54) is 22.2 Å². The maximum Gasteiger partial charge on any atom is 0.251 e. The number of aromatic nitrogens is 6. The smallest absolute Gasteiger partial charge is 0.251 e. The van der Waals surface area contributed by atoms with E-state index >= 15 is 0 Å². The number of rotatable bonds is 10. The van der Waals surface area contributed by atoms with Crippen molar-refractivity contribution in [2.24, 2.45) is 12.2 Å². The van der Waals surface area contributed by atoms with Gasteiger partial charge >= 0.3 is 0 Å². The molecule has 0 saturated carbocycles. The molecule has 0 fully saturated rings. The summed E-state index contributed by atoms with van der Waals surface area (Å²) in [6, 6.07) is 1.92. The number of amides is 1. The minimum absolute atomic E-state index is 0.0103. The highest BCUT2D eigenvalue weighted by Crippen LogP contribution is 2.23. The van der Waals surface area contributed by atoms with E-state index in [-0.39, 0.29) is 5.91 Å². The summed E-state index contributed by atoms with van der Waals surface area (Å²) in [6.07, 6.45) is 7.26. The monoisotopic (exact) mass is 428 g/mol. The lowest BCUT2D eigenvalue weighted by atomic mass is 10.1. The summed E-state index contributed by atoms with van der Waals surface area (Å²) >= 11 is 1.43. The van der Waals surface area contributed by atoms with Crippen molar-refractivity contribution in [1.29, 1.82) is 0 Å². The van der Waals surface area contributed by atoms with Crippen LogP contribution in [0.25, 0.3) is 0 Å². The fourth-order valence-corrected chi connectivity index (χ4v) is 3.39. The number of carbonyl (C=O) groups is 1. The third-order valence-corrected chi connectivity index (χ3v) is 5.21. The molecule has 0 spiro atoms. The molecule has 0 aliphatic carbocycles. The van der Waals surface area contributed by atoms with Crippen LogP contribution in [0.2, 0.25) is 0 Å². The van der Waals surface area contributed by atoms with Gasteiger partial charge < -0.3 is 10.2 Å². The van der Waals surface area contributed by atoms with Crippen molar-refractivity contribution in [3.8, 4) is 5.88 Å². The summed E-state index contributed by atoms with van der Waals surface area (Å²) in [7, 11) is 1.71. The fourth-order valence-electron chi connectivity index (χ4n) is 2.66. The third-order valence-electron chi connectivity index (χ3n) is 4.41. The Morgan fingerprint density at radius 3 is 3.03 bits per heavy atom. The number of carbonyl (C=O) groups excluding carboxylic acids is 1. The summed E-state index contributed by atoms with van der Waals surface area (Å²) in [5.41, 5.74) is 2.75. The van der Waals surface area contributed by atoms with Crippen molar-refractivity contribution in [1.82, 2.24) is 30.2 Å². The molecule has 30 heavy (non-hydrogen) atoms. The topological polar surface area (TPSA) is 120 Å². The van der Waals surface area contributed by atoms with Gasteiger partial charge in [-0.25, -0.2) is 14.6 Å². The first-order valence-corrected chi connectivity index (χ1v) is 10.6. The average Bonchev–Trinajstić information content (AvgIpc) is 3.33. The highest BCUT2D eigenvalue weighted by Gasteiger charge is 2.11. The van der Waals surface area contributed by atoms with Gasteiger partial charge in [-0.2, -0.15) is 0 Å². The first kappa shape index (κ1) is 21.5. The molecule has 0 atom stereocenters. The summed E-state index contributed by atoms with van der Waals surface area (Å²) in [6.45, 7) is 4.03. The van der Waals surface area contributed by atoms with Crippen LogP contribution in [0, 0.1) is 6.92 Å². The lowest BCUT2D eigenvalue weighted by molar-refractivity contribution is -0.116. The van der Waals surface area contributed by atoms with E-state index in [9.17, 15) is 4.79 Å². The van der Waals surface area contributed by atoms with Gasteiger partial charge in [0.1, 0.15) is 6.21 Å². The van der Waals surface area contributed by atoms with Crippen LogP contribution < -0.4 is 10.2 Å². The van der Waals surface area contributed by atoms with E-state index in [4.69, 9.17) is 4.84 Å². The van der Waals surface area contributed by atoms with Crippen LogP contribution in [0.15, 0.2) is 22.8 Å². The number of hydrogen-bond acceptors (Lipinski definition) is 9. The first-order valence-electron chi connectivity index (χ1n) is 9.68. The molecule has 10 nitrogen and oxygen atoms in total. The predicted molar refractivity (Wildman–Crippen MR) is 114 cm³/mol. The number of hydrogen-bond donors (Lipinski definition) is 1. The molecule has 3 rings (SSSR count). The van der Waals surface area contributed by atoms with Crippen molar-refractivity contribution in [3.05, 3.63) is 40.3 Å². The van der Waals surface area contributed by atoms with Gasteiger partial charge in [-0.1, -0.05) is 24.9 Å². The van der Waals surface area contributed by atoms with Crippen LogP contribution in [0.5, 0.6) is 5.88 Å². The Kier molecular flexibility index (Phi) is 7.55. The van der Waals surface area contributed by atoms with Gasteiger partial charge in [0.25, 0.3) is 5.88 Å². The molecular weight excluding hydrogens is 404 g/mol. The van der Waals surface area contributed by atoms with Gasteiger partial charge in [0.05, 0.1) is 5.69 Å². The summed E-state index contributed by atoms with van der Waals surface area (Å²) < 4.78 is 1.48. The van der Waals surface area contributed by atoms with Gasteiger partial charge in [0, 0.05) is 37.0 Å². The second-order valence-electron chi connectivity index (χ2n) is 6.71. The number of oxime groups is 1. The van der Waals surface area contributed by atoms with Crippen molar-refractivity contribution in [3.63, 3.8) is 0 Å². The molecule has 158 valence electrons. The Morgan fingerprint density at radius 1 is 1.40 bits per heavy atom. The summed E-state index contributed by atoms with van der Waals surface area (Å²) in [5, 5.41) is 20.4. The molecule has 0 saturated heterocycles. The van der Waals surface area contributed by atoms with E-state index in [0.717, 1.165) is 36.1 Å². The number of thiazole rings is 1. The van der Waals surface area contributed by atoms with Crippen molar-refractivity contribution < 1.29 is 9.63 Å². The summed E-state index contributed by atoms with van der Waals surface area (Å²) in [4.78, 5) is 26.1. The molecule has 0 aliphatic rings. The molecule has 0 radical (unpaired) electrons. The number of nitrogens with zero attached hydrogens (tertiary/aromatic N) is 7. The second-order valence-corrected chi connectivity index (χ2v) is 7.57. The zero-order valence-electron chi connectivity index (χ0n) is 17.2. The van der Waals surface area contributed by atoms with Gasteiger partial charge in [-0.15, -0.1) is 16.4 Å². The van der Waals surface area contributed by atoms with E-state index in [0.29, 0.717) is 29.7 Å².